The van der Waals surface area contributed by atoms with Crippen molar-refractivity contribution in [1.29, 1.82) is 0 Å². The molecule has 0 bridgehead atoms. The third-order valence-electron chi connectivity index (χ3n) is 4.24. The van der Waals surface area contributed by atoms with Crippen molar-refractivity contribution in [3.8, 4) is 11.5 Å². The molecule has 0 spiro atoms. The first-order valence-corrected chi connectivity index (χ1v) is 7.23. The molecule has 2 atom stereocenters. The first-order chi connectivity index (χ1) is 9.81. The van der Waals surface area contributed by atoms with Gasteiger partial charge in [0.05, 0.1) is 0 Å². The van der Waals surface area contributed by atoms with Gasteiger partial charge in [-0.1, -0.05) is 6.92 Å². The summed E-state index contributed by atoms with van der Waals surface area (Å²) in [7, 11) is 0. The summed E-state index contributed by atoms with van der Waals surface area (Å²) >= 11 is 0. The van der Waals surface area contributed by atoms with E-state index >= 15 is 0 Å². The Hall–Kier alpha value is -1.97. The third-order valence-corrected chi connectivity index (χ3v) is 4.24. The summed E-state index contributed by atoms with van der Waals surface area (Å²) in [6, 6.07) is 6.09. The van der Waals surface area contributed by atoms with Gasteiger partial charge in [0.15, 0.2) is 11.5 Å². The predicted octanol–water partition coefficient (Wildman–Crippen LogP) is 3.07. The van der Waals surface area contributed by atoms with Crippen LogP contribution in [0.15, 0.2) is 24.4 Å². The molecule has 104 valence electrons. The number of hydrogen-bond acceptors (Lipinski definition) is 4. The lowest BCUT2D eigenvalue weighted by Crippen LogP contribution is -2.15. The maximum atomic E-state index is 5.66. The minimum atomic E-state index is 0.612. The summed E-state index contributed by atoms with van der Waals surface area (Å²) in [5.74, 6) is 4.24. The monoisotopic (exact) mass is 270 g/mol. The molecule has 4 heteroatoms. The Balaban J connectivity index is 1.69. The van der Waals surface area contributed by atoms with Gasteiger partial charge in [-0.2, -0.15) is 0 Å². The minimum Gasteiger partial charge on any atom is -0.486 e. The molecule has 0 radical (unpaired) electrons. The van der Waals surface area contributed by atoms with E-state index < -0.39 is 0 Å². The van der Waals surface area contributed by atoms with Crippen molar-refractivity contribution in [1.82, 2.24) is 4.98 Å². The van der Waals surface area contributed by atoms with Crippen LogP contribution in [0.1, 0.15) is 13.3 Å². The first kappa shape index (κ1) is 11.8. The number of anilines is 1. The second-order valence-electron chi connectivity index (χ2n) is 5.73. The van der Waals surface area contributed by atoms with Crippen LogP contribution < -0.4 is 14.8 Å². The maximum Gasteiger partial charge on any atom is 0.162 e. The highest BCUT2D eigenvalue weighted by Gasteiger charge is 2.32. The normalized spacial score (nSPS) is 23.6. The number of hydrogen-bond donors (Lipinski definition) is 1. The van der Waals surface area contributed by atoms with Gasteiger partial charge in [-0.15, -0.1) is 0 Å². The van der Waals surface area contributed by atoms with Crippen LogP contribution in [0.2, 0.25) is 0 Å². The average Bonchev–Trinajstić information content (AvgIpc) is 3.18. The Kier molecular flexibility index (Phi) is 2.69. The van der Waals surface area contributed by atoms with Crippen LogP contribution in [0.5, 0.6) is 11.5 Å². The Labute approximate surface area is 118 Å². The lowest BCUT2D eigenvalue weighted by atomic mass is 10.1. The number of nitrogens with zero attached hydrogens (tertiary/aromatic N) is 1. The van der Waals surface area contributed by atoms with E-state index in [0.29, 0.717) is 13.2 Å². The van der Waals surface area contributed by atoms with E-state index in [1.807, 2.05) is 24.4 Å². The molecular formula is C16H18N2O2. The van der Waals surface area contributed by atoms with Gasteiger partial charge >= 0.3 is 0 Å². The molecule has 4 rings (SSSR count). The molecule has 1 aliphatic carbocycles. The zero-order valence-corrected chi connectivity index (χ0v) is 11.6. The Morgan fingerprint density at radius 2 is 2.00 bits per heavy atom. The number of rotatable bonds is 3. The van der Waals surface area contributed by atoms with E-state index in [4.69, 9.17) is 9.47 Å². The number of ether oxygens (including phenoxy) is 2. The van der Waals surface area contributed by atoms with Crippen LogP contribution in [0.25, 0.3) is 10.8 Å². The van der Waals surface area contributed by atoms with E-state index in [2.05, 4.69) is 17.2 Å². The molecule has 1 fully saturated rings. The fourth-order valence-corrected chi connectivity index (χ4v) is 2.76. The van der Waals surface area contributed by atoms with Crippen LogP contribution in [0, 0.1) is 11.8 Å². The standard InChI is InChI=1S/C16H18N2O2/c1-10-6-12(10)9-18-16-13-8-15-14(19-4-5-20-15)7-11(13)2-3-17-16/h2-3,7-8,10,12H,4-6,9H2,1H3,(H,17,18). The van der Waals surface area contributed by atoms with Crippen LogP contribution in [-0.2, 0) is 0 Å². The highest BCUT2D eigenvalue weighted by atomic mass is 16.6. The summed E-state index contributed by atoms with van der Waals surface area (Å²) in [6.07, 6.45) is 3.17. The van der Waals surface area contributed by atoms with Gasteiger partial charge in [-0.25, -0.2) is 4.98 Å². The van der Waals surface area contributed by atoms with Gasteiger partial charge in [0, 0.05) is 18.1 Å². The van der Waals surface area contributed by atoms with E-state index in [-0.39, 0.29) is 0 Å². The number of pyridine rings is 1. The van der Waals surface area contributed by atoms with E-state index in [9.17, 15) is 0 Å². The Bertz CT molecular complexity index is 656. The van der Waals surface area contributed by atoms with Crippen LogP contribution in [-0.4, -0.2) is 24.7 Å². The van der Waals surface area contributed by atoms with Gasteiger partial charge < -0.3 is 14.8 Å². The van der Waals surface area contributed by atoms with Crippen LogP contribution in [0.3, 0.4) is 0 Å². The summed E-state index contributed by atoms with van der Waals surface area (Å²) in [6.45, 7) is 4.53. The number of nitrogens with one attached hydrogen (secondary N) is 1. The van der Waals surface area contributed by atoms with Crippen molar-refractivity contribution in [2.24, 2.45) is 11.8 Å². The van der Waals surface area contributed by atoms with Crippen molar-refractivity contribution in [2.45, 2.75) is 13.3 Å². The number of fused-ring (bicyclic) bond motifs is 2. The molecule has 20 heavy (non-hydrogen) atoms. The highest BCUT2D eigenvalue weighted by Crippen LogP contribution is 2.39. The van der Waals surface area contributed by atoms with E-state index in [0.717, 1.165) is 46.5 Å². The molecule has 2 aromatic rings. The number of benzene rings is 1. The topological polar surface area (TPSA) is 43.4 Å². The van der Waals surface area contributed by atoms with Crippen molar-refractivity contribution >= 4 is 16.6 Å². The molecule has 4 nitrogen and oxygen atoms in total. The molecule has 1 N–H and O–H groups in total. The average molecular weight is 270 g/mol. The molecule has 2 heterocycles. The fraction of sp³-hybridized carbons (Fsp3) is 0.438. The maximum absolute atomic E-state index is 5.66. The van der Waals surface area contributed by atoms with Crippen molar-refractivity contribution in [2.75, 3.05) is 25.1 Å². The van der Waals surface area contributed by atoms with Gasteiger partial charge in [0.25, 0.3) is 0 Å². The lowest BCUT2D eigenvalue weighted by molar-refractivity contribution is 0.172. The molecular weight excluding hydrogens is 252 g/mol. The predicted molar refractivity (Wildman–Crippen MR) is 78.5 cm³/mol. The molecule has 0 amide bonds. The Morgan fingerprint density at radius 3 is 2.75 bits per heavy atom. The minimum absolute atomic E-state index is 0.612. The summed E-state index contributed by atoms with van der Waals surface area (Å²) < 4.78 is 11.3. The Morgan fingerprint density at radius 1 is 1.25 bits per heavy atom. The van der Waals surface area contributed by atoms with Gasteiger partial charge in [-0.3, -0.25) is 0 Å². The molecule has 1 aromatic carbocycles. The van der Waals surface area contributed by atoms with Crippen LogP contribution >= 0.6 is 0 Å². The van der Waals surface area contributed by atoms with Crippen molar-refractivity contribution in [3.05, 3.63) is 24.4 Å². The van der Waals surface area contributed by atoms with Gasteiger partial charge in [-0.05, 0) is 41.8 Å². The molecule has 2 unspecified atom stereocenters. The van der Waals surface area contributed by atoms with E-state index in [1.165, 1.54) is 6.42 Å². The SMILES string of the molecule is CC1CC1CNc1nccc2cc3c(cc12)OCCO3. The lowest BCUT2D eigenvalue weighted by Gasteiger charge is -2.19. The second kappa shape index (κ2) is 4.54. The van der Waals surface area contributed by atoms with Gasteiger partial charge in [0.2, 0.25) is 0 Å². The summed E-state index contributed by atoms with van der Waals surface area (Å²) in [5, 5.41) is 5.72. The van der Waals surface area contributed by atoms with Gasteiger partial charge in [0.1, 0.15) is 19.0 Å². The first-order valence-electron chi connectivity index (χ1n) is 7.23. The zero-order valence-electron chi connectivity index (χ0n) is 11.6. The smallest absolute Gasteiger partial charge is 0.162 e. The molecule has 1 saturated carbocycles. The number of aromatic nitrogens is 1. The van der Waals surface area contributed by atoms with Crippen molar-refractivity contribution < 1.29 is 9.47 Å². The second-order valence-corrected chi connectivity index (χ2v) is 5.73. The molecule has 1 aromatic heterocycles. The zero-order chi connectivity index (χ0) is 13.5. The molecule has 1 aliphatic heterocycles. The quantitative estimate of drug-likeness (QED) is 0.931. The largest absolute Gasteiger partial charge is 0.486 e. The van der Waals surface area contributed by atoms with E-state index in [1.54, 1.807) is 0 Å². The summed E-state index contributed by atoms with van der Waals surface area (Å²) in [4.78, 5) is 4.47. The molecule has 2 aliphatic rings. The third kappa shape index (κ3) is 2.05. The summed E-state index contributed by atoms with van der Waals surface area (Å²) in [5.41, 5.74) is 0. The van der Waals surface area contributed by atoms with Crippen molar-refractivity contribution in [3.63, 3.8) is 0 Å². The molecule has 0 saturated heterocycles. The van der Waals surface area contributed by atoms with Crippen LogP contribution in [0.4, 0.5) is 5.82 Å². The fourth-order valence-electron chi connectivity index (χ4n) is 2.76. The highest BCUT2D eigenvalue weighted by molar-refractivity contribution is 5.94.